The van der Waals surface area contributed by atoms with Crippen molar-refractivity contribution in [3.63, 3.8) is 0 Å². The molecular weight excluding hydrogens is 192 g/mol. The third-order valence-electron chi connectivity index (χ3n) is 2.84. The highest BCUT2D eigenvalue weighted by Gasteiger charge is 2.14. The Morgan fingerprint density at radius 1 is 1.40 bits per heavy atom. The number of esters is 1. The van der Waals surface area contributed by atoms with Gasteiger partial charge in [0.05, 0.1) is 13.7 Å². The first-order valence-electron chi connectivity index (χ1n) is 5.57. The molecule has 0 saturated heterocycles. The minimum absolute atomic E-state index is 0.278. The number of methoxy groups -OCH3 is 1. The maximum Gasteiger partial charge on any atom is 0.333 e. The lowest BCUT2D eigenvalue weighted by atomic mass is 10.1. The molecule has 0 aromatic carbocycles. The second-order valence-corrected chi connectivity index (χ2v) is 4.07. The minimum Gasteiger partial charge on any atom is -0.466 e. The summed E-state index contributed by atoms with van der Waals surface area (Å²) in [6.45, 7) is 3.08. The Balaban J connectivity index is 2.11. The molecule has 0 aliphatic heterocycles. The molecule has 0 spiro atoms. The zero-order chi connectivity index (χ0) is 11.1. The van der Waals surface area contributed by atoms with E-state index in [1.165, 1.54) is 32.8 Å². The van der Waals surface area contributed by atoms with E-state index in [0.29, 0.717) is 12.2 Å². The van der Waals surface area contributed by atoms with Gasteiger partial charge in [-0.25, -0.2) is 4.79 Å². The van der Waals surface area contributed by atoms with Crippen molar-refractivity contribution in [2.75, 3.05) is 20.3 Å². The van der Waals surface area contributed by atoms with Crippen molar-refractivity contribution < 1.29 is 14.3 Å². The molecule has 1 rings (SSSR count). The second kappa shape index (κ2) is 6.62. The maximum absolute atomic E-state index is 11.0. The van der Waals surface area contributed by atoms with Gasteiger partial charge in [0.15, 0.2) is 0 Å². The highest BCUT2D eigenvalue weighted by Crippen LogP contribution is 2.24. The van der Waals surface area contributed by atoms with Crippen molar-refractivity contribution in [3.05, 3.63) is 11.6 Å². The Bertz CT molecular complexity index is 227. The molecule has 3 heteroatoms. The molecule has 0 heterocycles. The lowest BCUT2D eigenvalue weighted by Gasteiger charge is -2.08. The van der Waals surface area contributed by atoms with Gasteiger partial charge in [-0.2, -0.15) is 0 Å². The van der Waals surface area contributed by atoms with Crippen LogP contribution in [0.25, 0.3) is 0 Å². The highest BCUT2D eigenvalue weighted by molar-refractivity contribution is 5.87. The molecule has 0 aromatic rings. The lowest BCUT2D eigenvalue weighted by Crippen LogP contribution is -2.07. The molecule has 1 saturated carbocycles. The molecule has 0 unspecified atom stereocenters. The van der Waals surface area contributed by atoms with E-state index in [0.717, 1.165) is 12.5 Å². The van der Waals surface area contributed by atoms with Crippen LogP contribution >= 0.6 is 0 Å². The summed E-state index contributed by atoms with van der Waals surface area (Å²) < 4.78 is 10.1. The van der Waals surface area contributed by atoms with E-state index >= 15 is 0 Å². The fourth-order valence-electron chi connectivity index (χ4n) is 1.84. The number of hydrogen-bond donors (Lipinski definition) is 0. The van der Waals surface area contributed by atoms with Gasteiger partial charge >= 0.3 is 5.97 Å². The topological polar surface area (TPSA) is 35.5 Å². The number of rotatable bonds is 5. The van der Waals surface area contributed by atoms with Crippen LogP contribution in [0.4, 0.5) is 0 Å². The number of hydrogen-bond acceptors (Lipinski definition) is 3. The summed E-state index contributed by atoms with van der Waals surface area (Å²) in [6.07, 6.45) is 7.04. The molecule has 15 heavy (non-hydrogen) atoms. The van der Waals surface area contributed by atoms with Crippen LogP contribution in [-0.2, 0) is 14.3 Å². The van der Waals surface area contributed by atoms with E-state index in [9.17, 15) is 4.79 Å². The summed E-state index contributed by atoms with van der Waals surface area (Å²) in [7, 11) is 1.39. The van der Waals surface area contributed by atoms with Crippen LogP contribution in [0.1, 0.15) is 32.6 Å². The van der Waals surface area contributed by atoms with Crippen molar-refractivity contribution in [1.82, 2.24) is 0 Å². The summed E-state index contributed by atoms with van der Waals surface area (Å²) in [6, 6.07) is 0. The molecule has 3 nitrogen and oxygen atoms in total. The van der Waals surface area contributed by atoms with Crippen LogP contribution in [0.15, 0.2) is 11.6 Å². The molecule has 86 valence electrons. The highest BCUT2D eigenvalue weighted by atomic mass is 16.5. The number of carbonyl (C=O) groups excluding carboxylic acids is 1. The van der Waals surface area contributed by atoms with Crippen LogP contribution < -0.4 is 0 Å². The van der Waals surface area contributed by atoms with Crippen LogP contribution in [0.3, 0.4) is 0 Å². The van der Waals surface area contributed by atoms with Crippen LogP contribution in [0.2, 0.25) is 0 Å². The van der Waals surface area contributed by atoms with Gasteiger partial charge in [-0.3, -0.25) is 0 Å². The fourth-order valence-corrected chi connectivity index (χ4v) is 1.84. The molecule has 1 aliphatic carbocycles. The Labute approximate surface area is 91.4 Å². The van der Waals surface area contributed by atoms with Gasteiger partial charge in [-0.1, -0.05) is 12.8 Å². The zero-order valence-electron chi connectivity index (χ0n) is 9.62. The summed E-state index contributed by atoms with van der Waals surface area (Å²) >= 11 is 0. The predicted octanol–water partition coefficient (Wildman–Crippen LogP) is 2.31. The van der Waals surface area contributed by atoms with Gasteiger partial charge in [0.25, 0.3) is 0 Å². The molecule has 0 bridgehead atoms. The maximum atomic E-state index is 11.0. The number of ether oxygens (including phenoxy) is 2. The van der Waals surface area contributed by atoms with E-state index < -0.39 is 0 Å². The minimum atomic E-state index is -0.278. The van der Waals surface area contributed by atoms with Crippen molar-refractivity contribution in [2.24, 2.45) is 5.92 Å². The third-order valence-corrected chi connectivity index (χ3v) is 2.84. The lowest BCUT2D eigenvalue weighted by molar-refractivity contribution is -0.136. The van der Waals surface area contributed by atoms with Crippen LogP contribution in [0.5, 0.6) is 0 Å². The summed E-state index contributed by atoms with van der Waals surface area (Å²) in [5.74, 6) is 0.455. The van der Waals surface area contributed by atoms with Crippen LogP contribution in [0, 0.1) is 5.92 Å². The monoisotopic (exact) mass is 212 g/mol. The van der Waals surface area contributed by atoms with E-state index in [2.05, 4.69) is 4.74 Å². The van der Waals surface area contributed by atoms with Crippen molar-refractivity contribution in [1.29, 1.82) is 0 Å². The standard InChI is InChI=1S/C12H20O3/c1-10(12(13)14-2)7-8-15-9-11-5-3-4-6-11/h7,11H,3-6,8-9H2,1-2H3. The van der Waals surface area contributed by atoms with E-state index in [4.69, 9.17) is 4.74 Å². The Kier molecular flexibility index (Phi) is 5.40. The van der Waals surface area contributed by atoms with Gasteiger partial charge < -0.3 is 9.47 Å². The summed E-state index contributed by atoms with van der Waals surface area (Å²) in [5, 5.41) is 0. The van der Waals surface area contributed by atoms with Crippen LogP contribution in [-0.4, -0.2) is 26.3 Å². The van der Waals surface area contributed by atoms with Gasteiger partial charge in [-0.15, -0.1) is 0 Å². The third kappa shape index (κ3) is 4.47. The van der Waals surface area contributed by atoms with Gasteiger partial charge in [-0.05, 0) is 31.8 Å². The molecular formula is C12H20O3. The van der Waals surface area contributed by atoms with Crippen molar-refractivity contribution >= 4 is 5.97 Å². The van der Waals surface area contributed by atoms with E-state index in [-0.39, 0.29) is 5.97 Å². The van der Waals surface area contributed by atoms with Crippen molar-refractivity contribution in [2.45, 2.75) is 32.6 Å². The van der Waals surface area contributed by atoms with Gasteiger partial charge in [0.2, 0.25) is 0 Å². The van der Waals surface area contributed by atoms with Gasteiger partial charge in [0, 0.05) is 12.2 Å². The Morgan fingerprint density at radius 2 is 2.07 bits per heavy atom. The first kappa shape index (κ1) is 12.2. The van der Waals surface area contributed by atoms with Gasteiger partial charge in [0.1, 0.15) is 0 Å². The molecule has 0 N–H and O–H groups in total. The first-order chi connectivity index (χ1) is 7.24. The molecule has 1 aliphatic rings. The number of carbonyl (C=O) groups is 1. The normalized spacial score (nSPS) is 18.1. The Hall–Kier alpha value is -0.830. The molecule has 0 radical (unpaired) electrons. The van der Waals surface area contributed by atoms with E-state index in [1.54, 1.807) is 13.0 Å². The molecule has 1 fully saturated rings. The largest absolute Gasteiger partial charge is 0.466 e. The average molecular weight is 212 g/mol. The summed E-state index contributed by atoms with van der Waals surface area (Å²) in [5.41, 5.74) is 0.615. The smallest absolute Gasteiger partial charge is 0.333 e. The quantitative estimate of drug-likeness (QED) is 0.398. The first-order valence-corrected chi connectivity index (χ1v) is 5.57. The molecule has 0 aromatic heterocycles. The molecule has 0 amide bonds. The second-order valence-electron chi connectivity index (χ2n) is 4.07. The molecule has 0 atom stereocenters. The van der Waals surface area contributed by atoms with E-state index in [1.807, 2.05) is 0 Å². The SMILES string of the molecule is COC(=O)C(C)=CCOCC1CCCC1. The summed E-state index contributed by atoms with van der Waals surface area (Å²) in [4.78, 5) is 11.0. The van der Waals surface area contributed by atoms with Crippen molar-refractivity contribution in [3.8, 4) is 0 Å². The fraction of sp³-hybridized carbons (Fsp3) is 0.750. The zero-order valence-corrected chi connectivity index (χ0v) is 9.62. The Morgan fingerprint density at radius 3 is 2.67 bits per heavy atom. The predicted molar refractivity (Wildman–Crippen MR) is 58.6 cm³/mol. The average Bonchev–Trinajstić information content (AvgIpc) is 2.75.